The Hall–Kier alpha value is -1.75. The van der Waals surface area contributed by atoms with Crippen LogP contribution in [0.1, 0.15) is 44.6 Å². The summed E-state index contributed by atoms with van der Waals surface area (Å²) in [5, 5.41) is 6.92. The van der Waals surface area contributed by atoms with Crippen molar-refractivity contribution >= 4 is 5.96 Å². The van der Waals surface area contributed by atoms with E-state index in [1.54, 1.807) is 14.2 Å². The molecule has 1 aliphatic carbocycles. The summed E-state index contributed by atoms with van der Waals surface area (Å²) in [6.07, 6.45) is 6.30. The van der Waals surface area contributed by atoms with Gasteiger partial charge in [0, 0.05) is 32.4 Å². The molecule has 1 aromatic carbocycles. The predicted molar refractivity (Wildman–Crippen MR) is 103 cm³/mol. The van der Waals surface area contributed by atoms with Crippen molar-refractivity contribution in [2.24, 2.45) is 10.4 Å². The Labute approximate surface area is 152 Å². The van der Waals surface area contributed by atoms with Crippen LogP contribution in [0.3, 0.4) is 0 Å². The lowest BCUT2D eigenvalue weighted by Crippen LogP contribution is -2.43. The topological polar surface area (TPSA) is 54.9 Å². The van der Waals surface area contributed by atoms with Crippen LogP contribution in [0.15, 0.2) is 29.3 Å². The number of para-hydroxylation sites is 1. The Morgan fingerprint density at radius 1 is 1.16 bits per heavy atom. The van der Waals surface area contributed by atoms with E-state index in [0.717, 1.165) is 43.4 Å². The maximum atomic E-state index is 5.42. The summed E-state index contributed by atoms with van der Waals surface area (Å²) >= 11 is 0. The minimum atomic E-state index is 0.344. The molecule has 0 radical (unpaired) electrons. The summed E-state index contributed by atoms with van der Waals surface area (Å²) in [7, 11) is 3.49. The highest BCUT2D eigenvalue weighted by Gasteiger charge is 2.33. The molecule has 1 aliphatic rings. The van der Waals surface area contributed by atoms with Crippen LogP contribution in [0.5, 0.6) is 5.75 Å². The molecule has 5 heteroatoms. The monoisotopic (exact) mass is 347 g/mol. The summed E-state index contributed by atoms with van der Waals surface area (Å²) < 4.78 is 10.7. The molecule has 1 fully saturated rings. The number of benzene rings is 1. The van der Waals surface area contributed by atoms with Gasteiger partial charge in [-0.05, 0) is 37.7 Å². The molecule has 1 saturated carbocycles. The number of methoxy groups -OCH3 is 2. The SMILES string of the molecule is CCNC(=NCc1ccccc1OC)NCC1(CCOC)CCCC1. The van der Waals surface area contributed by atoms with Crippen molar-refractivity contribution in [1.29, 1.82) is 0 Å². The van der Waals surface area contributed by atoms with E-state index in [-0.39, 0.29) is 0 Å². The van der Waals surface area contributed by atoms with Gasteiger partial charge in [-0.1, -0.05) is 31.0 Å². The van der Waals surface area contributed by atoms with E-state index in [9.17, 15) is 0 Å². The van der Waals surface area contributed by atoms with Crippen molar-refractivity contribution in [3.05, 3.63) is 29.8 Å². The normalized spacial score (nSPS) is 16.7. The van der Waals surface area contributed by atoms with Crippen molar-refractivity contribution in [2.45, 2.75) is 45.6 Å². The average Bonchev–Trinajstić information content (AvgIpc) is 3.12. The Morgan fingerprint density at radius 2 is 1.92 bits per heavy atom. The van der Waals surface area contributed by atoms with Crippen molar-refractivity contribution in [2.75, 3.05) is 33.9 Å². The second kappa shape index (κ2) is 10.3. The molecule has 2 rings (SSSR count). The maximum absolute atomic E-state index is 5.42. The molecule has 0 saturated heterocycles. The number of nitrogens with one attached hydrogen (secondary N) is 2. The van der Waals surface area contributed by atoms with Gasteiger partial charge in [0.05, 0.1) is 13.7 Å². The summed E-state index contributed by atoms with van der Waals surface area (Å²) in [5.41, 5.74) is 1.44. The summed E-state index contributed by atoms with van der Waals surface area (Å²) in [6, 6.07) is 8.04. The first-order valence-corrected chi connectivity index (χ1v) is 9.36. The highest BCUT2D eigenvalue weighted by molar-refractivity contribution is 5.79. The first-order valence-electron chi connectivity index (χ1n) is 9.36. The van der Waals surface area contributed by atoms with Crippen LogP contribution in [0.2, 0.25) is 0 Å². The number of aliphatic imine (C=N–C) groups is 1. The summed E-state index contributed by atoms with van der Waals surface area (Å²) in [4.78, 5) is 4.75. The van der Waals surface area contributed by atoms with Crippen molar-refractivity contribution in [3.63, 3.8) is 0 Å². The third kappa shape index (κ3) is 5.92. The van der Waals surface area contributed by atoms with Crippen LogP contribution < -0.4 is 15.4 Å². The minimum absolute atomic E-state index is 0.344. The molecule has 0 atom stereocenters. The Kier molecular flexibility index (Phi) is 8.06. The van der Waals surface area contributed by atoms with Gasteiger partial charge in [0.25, 0.3) is 0 Å². The molecule has 0 spiro atoms. The molecule has 1 aromatic rings. The second-order valence-electron chi connectivity index (χ2n) is 6.81. The average molecular weight is 348 g/mol. The fraction of sp³-hybridized carbons (Fsp3) is 0.650. The zero-order chi connectivity index (χ0) is 18.0. The Bertz CT molecular complexity index is 539. The van der Waals surface area contributed by atoms with Crippen LogP contribution >= 0.6 is 0 Å². The van der Waals surface area contributed by atoms with E-state index in [2.05, 4.69) is 23.6 Å². The first-order chi connectivity index (χ1) is 12.2. The lowest BCUT2D eigenvalue weighted by Gasteiger charge is -2.30. The molecule has 140 valence electrons. The van der Waals surface area contributed by atoms with E-state index < -0.39 is 0 Å². The highest BCUT2D eigenvalue weighted by atomic mass is 16.5. The molecular weight excluding hydrogens is 314 g/mol. The van der Waals surface area contributed by atoms with Gasteiger partial charge in [-0.25, -0.2) is 4.99 Å². The summed E-state index contributed by atoms with van der Waals surface area (Å²) in [6.45, 7) is 5.33. The summed E-state index contributed by atoms with van der Waals surface area (Å²) in [5.74, 6) is 1.76. The zero-order valence-corrected chi connectivity index (χ0v) is 15.9. The quantitative estimate of drug-likeness (QED) is 0.531. The standard InChI is InChI=1S/C20H33N3O2/c1-4-21-19(22-15-17-9-5-6-10-18(17)25-3)23-16-20(13-14-24-2)11-7-8-12-20/h5-6,9-10H,4,7-8,11-16H2,1-3H3,(H2,21,22,23). The largest absolute Gasteiger partial charge is 0.496 e. The molecule has 0 aromatic heterocycles. The molecule has 2 N–H and O–H groups in total. The van der Waals surface area contributed by atoms with Gasteiger partial charge in [0.1, 0.15) is 5.75 Å². The third-order valence-corrected chi connectivity index (χ3v) is 5.08. The fourth-order valence-electron chi connectivity index (χ4n) is 3.57. The smallest absolute Gasteiger partial charge is 0.191 e. The van der Waals surface area contributed by atoms with Crippen LogP contribution in [0.25, 0.3) is 0 Å². The predicted octanol–water partition coefficient (Wildman–Crippen LogP) is 3.35. The van der Waals surface area contributed by atoms with Crippen LogP contribution in [0, 0.1) is 5.41 Å². The molecule has 0 aliphatic heterocycles. The van der Waals surface area contributed by atoms with E-state index in [1.165, 1.54) is 25.7 Å². The van der Waals surface area contributed by atoms with E-state index in [0.29, 0.717) is 12.0 Å². The van der Waals surface area contributed by atoms with Gasteiger partial charge in [-0.15, -0.1) is 0 Å². The molecule has 0 heterocycles. The molecule has 0 unspecified atom stereocenters. The van der Waals surface area contributed by atoms with Crippen molar-refractivity contribution in [3.8, 4) is 5.75 Å². The zero-order valence-electron chi connectivity index (χ0n) is 15.9. The molecular formula is C20H33N3O2. The van der Waals surface area contributed by atoms with Crippen molar-refractivity contribution < 1.29 is 9.47 Å². The lowest BCUT2D eigenvalue weighted by molar-refractivity contribution is 0.138. The van der Waals surface area contributed by atoms with Gasteiger partial charge < -0.3 is 20.1 Å². The van der Waals surface area contributed by atoms with Crippen LogP contribution in [-0.4, -0.2) is 39.9 Å². The highest BCUT2D eigenvalue weighted by Crippen LogP contribution is 2.40. The van der Waals surface area contributed by atoms with Gasteiger partial charge in [-0.3, -0.25) is 0 Å². The number of rotatable bonds is 9. The van der Waals surface area contributed by atoms with E-state index in [1.807, 2.05) is 18.2 Å². The molecule has 25 heavy (non-hydrogen) atoms. The van der Waals surface area contributed by atoms with E-state index in [4.69, 9.17) is 14.5 Å². The molecule has 0 bridgehead atoms. The van der Waals surface area contributed by atoms with Crippen LogP contribution in [0.4, 0.5) is 0 Å². The number of hydrogen-bond acceptors (Lipinski definition) is 3. The van der Waals surface area contributed by atoms with Gasteiger partial charge in [0.15, 0.2) is 5.96 Å². The van der Waals surface area contributed by atoms with Gasteiger partial charge in [-0.2, -0.15) is 0 Å². The van der Waals surface area contributed by atoms with Gasteiger partial charge >= 0.3 is 0 Å². The second-order valence-corrected chi connectivity index (χ2v) is 6.81. The number of ether oxygens (including phenoxy) is 2. The van der Waals surface area contributed by atoms with Crippen LogP contribution in [-0.2, 0) is 11.3 Å². The molecule has 0 amide bonds. The number of hydrogen-bond donors (Lipinski definition) is 2. The number of guanidine groups is 1. The Morgan fingerprint density at radius 3 is 2.60 bits per heavy atom. The number of nitrogens with zero attached hydrogens (tertiary/aromatic N) is 1. The van der Waals surface area contributed by atoms with E-state index >= 15 is 0 Å². The van der Waals surface area contributed by atoms with Gasteiger partial charge in [0.2, 0.25) is 0 Å². The van der Waals surface area contributed by atoms with Crippen molar-refractivity contribution in [1.82, 2.24) is 10.6 Å². The third-order valence-electron chi connectivity index (χ3n) is 5.08. The lowest BCUT2D eigenvalue weighted by atomic mass is 9.83. The maximum Gasteiger partial charge on any atom is 0.191 e. The fourth-order valence-corrected chi connectivity index (χ4v) is 3.57. The Balaban J connectivity index is 1.99. The molecule has 5 nitrogen and oxygen atoms in total. The first kappa shape index (κ1) is 19.6. The minimum Gasteiger partial charge on any atom is -0.496 e.